The maximum atomic E-state index is 11.4. The number of hydrogen-bond acceptors (Lipinski definition) is 4. The second-order valence-electron chi connectivity index (χ2n) is 3.44. The van der Waals surface area contributed by atoms with Crippen molar-refractivity contribution in [1.29, 1.82) is 0 Å². The van der Waals surface area contributed by atoms with Crippen molar-refractivity contribution >= 4 is 26.6 Å². The first-order chi connectivity index (χ1) is 8.04. The zero-order valence-electron chi connectivity index (χ0n) is 9.04. The highest BCUT2D eigenvalue weighted by Crippen LogP contribution is 2.30. The highest BCUT2D eigenvalue weighted by molar-refractivity contribution is 7.86. The lowest BCUT2D eigenvalue weighted by molar-refractivity contribution is 0.269. The number of hydrogen-bond donors (Lipinski definition) is 2. The average Bonchev–Trinajstić information content (AvgIpc) is 2.27. The van der Waals surface area contributed by atoms with E-state index < -0.39 is 10.1 Å². The maximum Gasteiger partial charge on any atom is 0.297 e. The van der Waals surface area contributed by atoms with Gasteiger partial charge in [-0.05, 0) is 11.5 Å². The van der Waals surface area contributed by atoms with Gasteiger partial charge in [0.15, 0.2) is 0 Å². The number of nitrogens with one attached hydrogen (secondary N) is 1. The van der Waals surface area contributed by atoms with Crippen LogP contribution in [0.2, 0.25) is 0 Å². The molecule has 2 rings (SSSR count). The lowest BCUT2D eigenvalue weighted by Crippen LogP contribution is -2.06. The highest BCUT2D eigenvalue weighted by atomic mass is 32.2. The predicted molar refractivity (Wildman–Crippen MR) is 64.4 cm³/mol. The fourth-order valence-electron chi connectivity index (χ4n) is 1.71. The molecule has 2 aromatic carbocycles. The molecule has 17 heavy (non-hydrogen) atoms. The van der Waals surface area contributed by atoms with Gasteiger partial charge >= 0.3 is 0 Å². The molecule has 2 N–H and O–H groups in total. The normalized spacial score (nSPS) is 11.6. The molecule has 0 fully saturated rings. The summed E-state index contributed by atoms with van der Waals surface area (Å²) in [6.07, 6.45) is 0. The summed E-state index contributed by atoms with van der Waals surface area (Å²) in [5, 5.41) is 1.17. The molecule has 0 aromatic heterocycles. The summed E-state index contributed by atoms with van der Waals surface area (Å²) in [5.41, 5.74) is 2.64. The van der Waals surface area contributed by atoms with Crippen LogP contribution in [0.5, 0.6) is 0 Å². The summed E-state index contributed by atoms with van der Waals surface area (Å²) in [7, 11) is -2.96. The van der Waals surface area contributed by atoms with Crippen molar-refractivity contribution in [1.82, 2.24) is 0 Å². The molecule has 6 heteroatoms. The van der Waals surface area contributed by atoms with Crippen LogP contribution in [0.4, 0.5) is 5.69 Å². The zero-order valence-corrected chi connectivity index (χ0v) is 9.86. The summed E-state index contributed by atoms with van der Waals surface area (Å²) in [5.74, 6) is 0. The lowest BCUT2D eigenvalue weighted by Gasteiger charge is -2.10. The standard InChI is InChI=1S/C11H11NO4S/c1-16-12-10-7-6-8-4-2-3-5-9(8)11(10)17(13,14)15/h2-7,12H,1H3,(H,13,14,15). The van der Waals surface area contributed by atoms with Gasteiger partial charge in [-0.25, -0.2) is 0 Å². The molecule has 0 saturated carbocycles. The molecule has 0 atom stereocenters. The molecule has 0 bridgehead atoms. The molecular weight excluding hydrogens is 242 g/mol. The van der Waals surface area contributed by atoms with Crippen LogP contribution in [-0.4, -0.2) is 20.1 Å². The van der Waals surface area contributed by atoms with Crippen molar-refractivity contribution in [2.75, 3.05) is 12.6 Å². The topological polar surface area (TPSA) is 75.6 Å². The van der Waals surface area contributed by atoms with E-state index >= 15 is 0 Å². The quantitative estimate of drug-likeness (QED) is 0.647. The maximum absolute atomic E-state index is 11.4. The van der Waals surface area contributed by atoms with Crippen molar-refractivity contribution in [2.45, 2.75) is 4.90 Å². The molecule has 2 aromatic rings. The van der Waals surface area contributed by atoms with Gasteiger partial charge in [0.2, 0.25) is 0 Å². The third-order valence-electron chi connectivity index (χ3n) is 2.35. The minimum absolute atomic E-state index is 0.183. The molecule has 90 valence electrons. The van der Waals surface area contributed by atoms with Crippen LogP contribution in [0.25, 0.3) is 10.8 Å². The zero-order chi connectivity index (χ0) is 12.5. The van der Waals surface area contributed by atoms with Gasteiger partial charge in [0.1, 0.15) is 4.90 Å². The van der Waals surface area contributed by atoms with Crippen LogP contribution in [0.15, 0.2) is 41.3 Å². The van der Waals surface area contributed by atoms with Crippen molar-refractivity contribution in [2.24, 2.45) is 0 Å². The summed E-state index contributed by atoms with van der Waals surface area (Å²) in [6.45, 7) is 0. The van der Waals surface area contributed by atoms with Crippen molar-refractivity contribution < 1.29 is 17.8 Å². The Hall–Kier alpha value is -1.63. The minimum Gasteiger partial charge on any atom is -0.282 e. The third kappa shape index (κ3) is 2.23. The molecule has 0 aliphatic heterocycles. The Balaban J connectivity index is 2.85. The fourth-order valence-corrected chi connectivity index (χ4v) is 2.56. The molecule has 0 heterocycles. The molecule has 0 aliphatic carbocycles. The van der Waals surface area contributed by atoms with E-state index in [1.807, 2.05) is 0 Å². The fraction of sp³-hybridized carbons (Fsp3) is 0.0909. The van der Waals surface area contributed by atoms with Crippen LogP contribution in [0.3, 0.4) is 0 Å². The van der Waals surface area contributed by atoms with Crippen LogP contribution in [0.1, 0.15) is 0 Å². The monoisotopic (exact) mass is 253 g/mol. The number of benzene rings is 2. The van der Waals surface area contributed by atoms with E-state index in [9.17, 15) is 13.0 Å². The third-order valence-corrected chi connectivity index (χ3v) is 3.31. The number of rotatable bonds is 3. The van der Waals surface area contributed by atoms with Crippen LogP contribution >= 0.6 is 0 Å². The molecule has 5 nitrogen and oxygen atoms in total. The van der Waals surface area contributed by atoms with Crippen molar-refractivity contribution in [3.63, 3.8) is 0 Å². The molecule has 0 aliphatic rings. The Kier molecular flexibility index (Phi) is 3.01. The Labute approximate surface area is 98.7 Å². The Morgan fingerprint density at radius 2 is 1.88 bits per heavy atom. The van der Waals surface area contributed by atoms with Gasteiger partial charge in [0.25, 0.3) is 10.1 Å². The Morgan fingerprint density at radius 3 is 2.53 bits per heavy atom. The summed E-state index contributed by atoms with van der Waals surface area (Å²) in [6, 6.07) is 10.2. The van der Waals surface area contributed by atoms with E-state index in [0.717, 1.165) is 5.39 Å². The number of fused-ring (bicyclic) bond motifs is 1. The van der Waals surface area contributed by atoms with E-state index in [1.54, 1.807) is 30.3 Å². The molecule has 0 amide bonds. The van der Waals surface area contributed by atoms with E-state index in [0.29, 0.717) is 5.39 Å². The summed E-state index contributed by atoms with van der Waals surface area (Å²) >= 11 is 0. The minimum atomic E-state index is -4.32. The summed E-state index contributed by atoms with van der Waals surface area (Å²) < 4.78 is 32.1. The first kappa shape index (κ1) is 11.8. The second-order valence-corrected chi connectivity index (χ2v) is 4.80. The van der Waals surface area contributed by atoms with Gasteiger partial charge in [-0.2, -0.15) is 8.42 Å². The first-order valence-corrected chi connectivity index (χ1v) is 6.26. The van der Waals surface area contributed by atoms with Gasteiger partial charge < -0.3 is 0 Å². The van der Waals surface area contributed by atoms with Crippen molar-refractivity contribution in [3.05, 3.63) is 36.4 Å². The molecule has 0 unspecified atom stereocenters. The summed E-state index contributed by atoms with van der Waals surface area (Å²) in [4.78, 5) is 4.50. The first-order valence-electron chi connectivity index (χ1n) is 4.82. The smallest absolute Gasteiger partial charge is 0.282 e. The number of anilines is 1. The second kappa shape index (κ2) is 4.33. The van der Waals surface area contributed by atoms with Crippen LogP contribution < -0.4 is 5.48 Å². The van der Waals surface area contributed by atoms with E-state index in [4.69, 9.17) is 0 Å². The van der Waals surface area contributed by atoms with Crippen LogP contribution in [0, 0.1) is 0 Å². The van der Waals surface area contributed by atoms with Gasteiger partial charge in [-0.15, -0.1) is 0 Å². The molecule has 0 saturated heterocycles. The van der Waals surface area contributed by atoms with Gasteiger partial charge in [-0.3, -0.25) is 14.9 Å². The molecule has 0 radical (unpaired) electrons. The van der Waals surface area contributed by atoms with Crippen LogP contribution in [-0.2, 0) is 15.0 Å². The lowest BCUT2D eigenvalue weighted by atomic mass is 10.1. The van der Waals surface area contributed by atoms with E-state index in [2.05, 4.69) is 10.3 Å². The molecular formula is C11H11NO4S. The van der Waals surface area contributed by atoms with E-state index in [1.165, 1.54) is 13.2 Å². The average molecular weight is 253 g/mol. The van der Waals surface area contributed by atoms with Crippen molar-refractivity contribution in [3.8, 4) is 0 Å². The Bertz CT molecular complexity index is 652. The largest absolute Gasteiger partial charge is 0.297 e. The SMILES string of the molecule is CONc1ccc2ccccc2c1S(=O)(=O)O. The van der Waals surface area contributed by atoms with Gasteiger partial charge in [-0.1, -0.05) is 30.3 Å². The highest BCUT2D eigenvalue weighted by Gasteiger charge is 2.19. The predicted octanol–water partition coefficient (Wildman–Crippen LogP) is 2.06. The van der Waals surface area contributed by atoms with Gasteiger partial charge in [0, 0.05) is 5.39 Å². The molecule has 0 spiro atoms. The van der Waals surface area contributed by atoms with Gasteiger partial charge in [0.05, 0.1) is 12.8 Å². The van der Waals surface area contributed by atoms with E-state index in [-0.39, 0.29) is 10.6 Å². The Morgan fingerprint density at radius 1 is 1.18 bits per heavy atom.